The van der Waals surface area contributed by atoms with Crippen LogP contribution in [0.1, 0.15) is 25.1 Å². The summed E-state index contributed by atoms with van der Waals surface area (Å²) in [7, 11) is 1.96. The van der Waals surface area contributed by atoms with E-state index in [1.165, 1.54) is 11.3 Å². The standard InChI is InChI=1S/C12H21N5/c1-9-10(6-16-17(9)4)5-13-11-14-7-12(2,3)8-15-11/h6H,5,7-8H2,1-4H3,(H2,13,14,15). The molecule has 0 aliphatic carbocycles. The summed E-state index contributed by atoms with van der Waals surface area (Å²) in [5.74, 6) is 0.896. The Hall–Kier alpha value is -1.52. The molecule has 0 fully saturated rings. The zero-order chi connectivity index (χ0) is 12.5. The van der Waals surface area contributed by atoms with Gasteiger partial charge in [-0.3, -0.25) is 9.67 Å². The van der Waals surface area contributed by atoms with Crippen molar-refractivity contribution >= 4 is 5.96 Å². The number of guanidine groups is 1. The minimum absolute atomic E-state index is 0.259. The van der Waals surface area contributed by atoms with Gasteiger partial charge >= 0.3 is 0 Å². The van der Waals surface area contributed by atoms with Crippen LogP contribution in [0.2, 0.25) is 0 Å². The summed E-state index contributed by atoms with van der Waals surface area (Å²) in [5, 5.41) is 10.9. The number of aliphatic imine (C=N–C) groups is 1. The SMILES string of the molecule is Cc1c(CNC2=NCC(C)(C)CN2)cnn1C. The summed E-state index contributed by atoms with van der Waals surface area (Å²) in [5.41, 5.74) is 2.66. The van der Waals surface area contributed by atoms with E-state index in [1.54, 1.807) is 0 Å². The van der Waals surface area contributed by atoms with Crippen molar-refractivity contribution in [1.29, 1.82) is 0 Å². The summed E-state index contributed by atoms with van der Waals surface area (Å²) in [6.45, 7) is 9.10. The highest BCUT2D eigenvalue weighted by Crippen LogP contribution is 2.16. The second-order valence-electron chi connectivity index (χ2n) is 5.41. The van der Waals surface area contributed by atoms with Crippen molar-refractivity contribution in [2.75, 3.05) is 13.1 Å². The van der Waals surface area contributed by atoms with Crippen molar-refractivity contribution in [3.63, 3.8) is 0 Å². The lowest BCUT2D eigenvalue weighted by molar-refractivity contribution is 0.358. The lowest BCUT2D eigenvalue weighted by Crippen LogP contribution is -2.47. The fourth-order valence-corrected chi connectivity index (χ4v) is 1.74. The average Bonchev–Trinajstić information content (AvgIpc) is 2.59. The molecule has 1 aromatic rings. The summed E-state index contributed by atoms with van der Waals surface area (Å²) in [6.07, 6.45) is 1.90. The van der Waals surface area contributed by atoms with E-state index >= 15 is 0 Å². The number of hydrogen-bond acceptors (Lipinski definition) is 4. The van der Waals surface area contributed by atoms with Gasteiger partial charge in [0.1, 0.15) is 0 Å². The van der Waals surface area contributed by atoms with Gasteiger partial charge in [-0.2, -0.15) is 5.10 Å². The van der Waals surface area contributed by atoms with Gasteiger partial charge in [0.15, 0.2) is 5.96 Å². The molecule has 0 atom stereocenters. The van der Waals surface area contributed by atoms with E-state index in [9.17, 15) is 0 Å². The van der Waals surface area contributed by atoms with Gasteiger partial charge in [0, 0.05) is 43.4 Å². The van der Waals surface area contributed by atoms with Gasteiger partial charge in [0.25, 0.3) is 0 Å². The van der Waals surface area contributed by atoms with Crippen LogP contribution in [0.25, 0.3) is 0 Å². The molecule has 0 amide bonds. The Kier molecular flexibility index (Phi) is 3.09. The van der Waals surface area contributed by atoms with Gasteiger partial charge in [-0.15, -0.1) is 0 Å². The highest BCUT2D eigenvalue weighted by atomic mass is 15.3. The first-order valence-electron chi connectivity index (χ1n) is 5.98. The maximum atomic E-state index is 4.50. The Morgan fingerprint density at radius 1 is 1.53 bits per heavy atom. The van der Waals surface area contributed by atoms with E-state index < -0.39 is 0 Å². The highest BCUT2D eigenvalue weighted by molar-refractivity contribution is 5.80. The lowest BCUT2D eigenvalue weighted by atomic mass is 9.93. The molecule has 1 aromatic heterocycles. The van der Waals surface area contributed by atoms with Crippen LogP contribution >= 0.6 is 0 Å². The molecule has 2 rings (SSSR count). The number of hydrogen-bond donors (Lipinski definition) is 2. The van der Waals surface area contributed by atoms with Gasteiger partial charge in [-0.05, 0) is 6.92 Å². The van der Waals surface area contributed by atoms with Crippen LogP contribution in [-0.4, -0.2) is 28.8 Å². The number of rotatable bonds is 2. The van der Waals surface area contributed by atoms with Gasteiger partial charge in [-0.1, -0.05) is 13.8 Å². The second-order valence-corrected chi connectivity index (χ2v) is 5.41. The summed E-state index contributed by atoms with van der Waals surface area (Å²) < 4.78 is 1.89. The van der Waals surface area contributed by atoms with Crippen molar-refractivity contribution < 1.29 is 0 Å². The van der Waals surface area contributed by atoms with Crippen LogP contribution in [0.5, 0.6) is 0 Å². The average molecular weight is 235 g/mol. The molecule has 0 bridgehead atoms. The van der Waals surface area contributed by atoms with E-state index in [2.05, 4.69) is 41.5 Å². The first kappa shape index (κ1) is 12.0. The maximum Gasteiger partial charge on any atom is 0.191 e. The molecule has 17 heavy (non-hydrogen) atoms. The smallest absolute Gasteiger partial charge is 0.191 e. The third kappa shape index (κ3) is 2.78. The molecule has 0 saturated carbocycles. The molecular formula is C12H21N5. The van der Waals surface area contributed by atoms with Crippen molar-refractivity contribution in [2.45, 2.75) is 27.3 Å². The molecule has 0 aromatic carbocycles. The van der Waals surface area contributed by atoms with Gasteiger partial charge in [-0.25, -0.2) is 0 Å². The predicted octanol–water partition coefficient (Wildman–Crippen LogP) is 0.804. The molecular weight excluding hydrogens is 214 g/mol. The van der Waals surface area contributed by atoms with E-state index in [-0.39, 0.29) is 5.41 Å². The second kappa shape index (κ2) is 4.39. The van der Waals surface area contributed by atoms with Gasteiger partial charge < -0.3 is 10.6 Å². The molecule has 0 radical (unpaired) electrons. The molecule has 1 aliphatic heterocycles. The maximum absolute atomic E-state index is 4.50. The molecule has 1 aliphatic rings. The molecule has 94 valence electrons. The van der Waals surface area contributed by atoms with Crippen LogP contribution in [-0.2, 0) is 13.6 Å². The largest absolute Gasteiger partial charge is 0.356 e. The monoisotopic (exact) mass is 235 g/mol. The summed E-state index contributed by atoms with van der Waals surface area (Å²) in [6, 6.07) is 0. The molecule has 5 heteroatoms. The Morgan fingerprint density at radius 3 is 2.82 bits per heavy atom. The Labute approximate surface area is 102 Å². The summed E-state index contributed by atoms with van der Waals surface area (Å²) >= 11 is 0. The van der Waals surface area contributed by atoms with E-state index in [1.807, 2.05) is 17.9 Å². The fraction of sp³-hybridized carbons (Fsp3) is 0.667. The van der Waals surface area contributed by atoms with Crippen LogP contribution in [0.3, 0.4) is 0 Å². The zero-order valence-electron chi connectivity index (χ0n) is 11.0. The van der Waals surface area contributed by atoms with E-state index in [0.717, 1.165) is 25.6 Å². The molecule has 0 saturated heterocycles. The summed E-state index contributed by atoms with van der Waals surface area (Å²) in [4.78, 5) is 4.50. The van der Waals surface area contributed by atoms with Gasteiger partial charge in [0.2, 0.25) is 0 Å². The Morgan fingerprint density at radius 2 is 2.29 bits per heavy atom. The van der Waals surface area contributed by atoms with Crippen LogP contribution in [0.4, 0.5) is 0 Å². The normalized spacial score (nSPS) is 18.5. The molecule has 2 heterocycles. The van der Waals surface area contributed by atoms with Crippen LogP contribution in [0.15, 0.2) is 11.2 Å². The molecule has 0 spiro atoms. The topological polar surface area (TPSA) is 54.2 Å². The fourth-order valence-electron chi connectivity index (χ4n) is 1.74. The highest BCUT2D eigenvalue weighted by Gasteiger charge is 2.22. The minimum Gasteiger partial charge on any atom is -0.356 e. The van der Waals surface area contributed by atoms with E-state index in [4.69, 9.17) is 0 Å². The number of nitrogens with one attached hydrogen (secondary N) is 2. The van der Waals surface area contributed by atoms with Gasteiger partial charge in [0.05, 0.1) is 6.20 Å². The lowest BCUT2D eigenvalue weighted by Gasteiger charge is -2.29. The first-order chi connectivity index (χ1) is 7.98. The third-order valence-corrected chi connectivity index (χ3v) is 3.18. The van der Waals surface area contributed by atoms with Crippen molar-refractivity contribution in [3.8, 4) is 0 Å². The first-order valence-corrected chi connectivity index (χ1v) is 5.98. The number of nitrogens with zero attached hydrogens (tertiary/aromatic N) is 3. The molecule has 0 unspecified atom stereocenters. The minimum atomic E-state index is 0.259. The number of aromatic nitrogens is 2. The predicted molar refractivity (Wildman–Crippen MR) is 68.9 cm³/mol. The third-order valence-electron chi connectivity index (χ3n) is 3.18. The van der Waals surface area contributed by atoms with Crippen molar-refractivity contribution in [3.05, 3.63) is 17.5 Å². The van der Waals surface area contributed by atoms with Crippen molar-refractivity contribution in [2.24, 2.45) is 17.5 Å². The molecule has 2 N–H and O–H groups in total. The van der Waals surface area contributed by atoms with Crippen LogP contribution in [0, 0.1) is 12.3 Å². The van der Waals surface area contributed by atoms with E-state index in [0.29, 0.717) is 0 Å². The molecule has 5 nitrogen and oxygen atoms in total. The van der Waals surface area contributed by atoms with Crippen molar-refractivity contribution in [1.82, 2.24) is 20.4 Å². The Bertz CT molecular complexity index is 430. The quantitative estimate of drug-likeness (QED) is 0.797. The van der Waals surface area contributed by atoms with Crippen LogP contribution < -0.4 is 10.6 Å². The Balaban J connectivity index is 1.91. The zero-order valence-corrected chi connectivity index (χ0v) is 11.0. The number of aryl methyl sites for hydroxylation is 1.